The van der Waals surface area contributed by atoms with Crippen LogP contribution in [0.25, 0.3) is 11.3 Å². The first-order chi connectivity index (χ1) is 13.4. The fraction of sp³-hybridized carbons (Fsp3) is 0.333. The maximum atomic E-state index is 12.1. The molecule has 0 aliphatic heterocycles. The average molecular weight is 391 g/mol. The van der Waals surface area contributed by atoms with Crippen molar-refractivity contribution in [3.63, 3.8) is 0 Å². The molecule has 10 heteroatoms. The molecule has 1 heterocycles. The van der Waals surface area contributed by atoms with Crippen LogP contribution in [-0.2, 0) is 9.53 Å². The smallest absolute Gasteiger partial charge is 0.290 e. The number of aliphatic hydroxyl groups is 1. The highest BCUT2D eigenvalue weighted by Gasteiger charge is 2.09. The third kappa shape index (κ3) is 7.56. The summed E-state index contributed by atoms with van der Waals surface area (Å²) >= 11 is 0. The number of ether oxygens (including phenoxy) is 1. The lowest BCUT2D eigenvalue weighted by molar-refractivity contribution is -0.122. The number of rotatable bonds is 8. The summed E-state index contributed by atoms with van der Waals surface area (Å²) in [6, 6.07) is 8.93. The van der Waals surface area contributed by atoms with E-state index in [9.17, 15) is 4.79 Å². The molecule has 28 heavy (non-hydrogen) atoms. The molecule has 152 valence electrons. The second-order valence-electron chi connectivity index (χ2n) is 5.64. The SMILES string of the molecule is CN(C)c1cc(-c2ccc(C(=O)NCCOCCO)cc2)nc(N)n1.O=CO. The Hall–Kier alpha value is -3.24. The number of hydrogen-bond donors (Lipinski definition) is 4. The van der Waals surface area contributed by atoms with Crippen LogP contribution in [0.1, 0.15) is 10.4 Å². The van der Waals surface area contributed by atoms with Crippen LogP contribution in [0.2, 0.25) is 0 Å². The number of nitrogens with one attached hydrogen (secondary N) is 1. The fourth-order valence-corrected chi connectivity index (χ4v) is 2.13. The summed E-state index contributed by atoms with van der Waals surface area (Å²) < 4.78 is 5.09. The van der Waals surface area contributed by atoms with Gasteiger partial charge < -0.3 is 30.9 Å². The maximum Gasteiger partial charge on any atom is 0.290 e. The van der Waals surface area contributed by atoms with Crippen LogP contribution >= 0.6 is 0 Å². The van der Waals surface area contributed by atoms with Gasteiger partial charge in [0.15, 0.2) is 0 Å². The second-order valence-corrected chi connectivity index (χ2v) is 5.64. The molecule has 1 aromatic heterocycles. The molecule has 0 unspecified atom stereocenters. The molecule has 1 amide bonds. The number of aromatic nitrogens is 2. The van der Waals surface area contributed by atoms with Crippen LogP contribution in [-0.4, -0.2) is 73.0 Å². The number of aliphatic hydroxyl groups excluding tert-OH is 1. The van der Waals surface area contributed by atoms with Gasteiger partial charge in [-0.2, -0.15) is 4.98 Å². The molecule has 0 spiro atoms. The minimum Gasteiger partial charge on any atom is -0.483 e. The van der Waals surface area contributed by atoms with Crippen molar-refractivity contribution in [2.75, 3.05) is 51.1 Å². The third-order valence-electron chi connectivity index (χ3n) is 3.40. The van der Waals surface area contributed by atoms with Gasteiger partial charge in [-0.1, -0.05) is 12.1 Å². The summed E-state index contributed by atoms with van der Waals surface area (Å²) in [5, 5.41) is 18.2. The normalized spacial score (nSPS) is 9.82. The van der Waals surface area contributed by atoms with Crippen LogP contribution in [0.5, 0.6) is 0 Å². The molecule has 0 saturated heterocycles. The molecule has 0 aliphatic carbocycles. The zero-order valence-electron chi connectivity index (χ0n) is 15.8. The number of carbonyl (C=O) groups is 2. The summed E-state index contributed by atoms with van der Waals surface area (Å²) in [6.45, 7) is 0.729. The quantitative estimate of drug-likeness (QED) is 0.366. The molecule has 0 atom stereocenters. The molecule has 0 bridgehead atoms. The number of carbonyl (C=O) groups excluding carboxylic acids is 1. The summed E-state index contributed by atoms with van der Waals surface area (Å²) in [7, 11) is 3.76. The highest BCUT2D eigenvalue weighted by Crippen LogP contribution is 2.22. The van der Waals surface area contributed by atoms with Gasteiger partial charge in [-0.3, -0.25) is 9.59 Å². The lowest BCUT2D eigenvalue weighted by Crippen LogP contribution is -2.27. The van der Waals surface area contributed by atoms with E-state index in [1.165, 1.54) is 0 Å². The van der Waals surface area contributed by atoms with Gasteiger partial charge in [0, 0.05) is 37.8 Å². The Morgan fingerprint density at radius 1 is 1.25 bits per heavy atom. The van der Waals surface area contributed by atoms with Crippen molar-refractivity contribution in [1.29, 1.82) is 0 Å². The van der Waals surface area contributed by atoms with Crippen LogP contribution in [0.3, 0.4) is 0 Å². The van der Waals surface area contributed by atoms with Crippen LogP contribution < -0.4 is 16.0 Å². The summed E-state index contributed by atoms with van der Waals surface area (Å²) in [6.07, 6.45) is 0. The van der Waals surface area contributed by atoms with Gasteiger partial charge in [0.1, 0.15) is 5.82 Å². The summed E-state index contributed by atoms with van der Waals surface area (Å²) in [5.74, 6) is 0.730. The third-order valence-corrected chi connectivity index (χ3v) is 3.40. The summed E-state index contributed by atoms with van der Waals surface area (Å²) in [5.41, 5.74) is 7.85. The van der Waals surface area contributed by atoms with Crippen molar-refractivity contribution >= 4 is 24.1 Å². The number of nitrogens with two attached hydrogens (primary N) is 1. The van der Waals surface area contributed by atoms with Gasteiger partial charge in [-0.15, -0.1) is 0 Å². The van der Waals surface area contributed by atoms with Crippen molar-refractivity contribution in [2.45, 2.75) is 0 Å². The van der Waals surface area contributed by atoms with E-state index in [0.717, 1.165) is 5.56 Å². The van der Waals surface area contributed by atoms with Gasteiger partial charge in [-0.25, -0.2) is 4.98 Å². The summed E-state index contributed by atoms with van der Waals surface area (Å²) in [4.78, 5) is 30.7. The largest absolute Gasteiger partial charge is 0.483 e. The van der Waals surface area contributed by atoms with E-state index in [4.69, 9.17) is 25.5 Å². The number of benzene rings is 1. The lowest BCUT2D eigenvalue weighted by Gasteiger charge is -2.13. The fourth-order valence-electron chi connectivity index (χ4n) is 2.13. The monoisotopic (exact) mass is 391 g/mol. The molecule has 2 rings (SSSR count). The highest BCUT2D eigenvalue weighted by molar-refractivity contribution is 5.94. The Kier molecular flexibility index (Phi) is 9.94. The van der Waals surface area contributed by atoms with Crippen molar-refractivity contribution in [2.24, 2.45) is 0 Å². The van der Waals surface area contributed by atoms with Crippen molar-refractivity contribution in [3.05, 3.63) is 35.9 Å². The molecular weight excluding hydrogens is 366 g/mol. The predicted octanol–water partition coefficient (Wildman–Crippen LogP) is 0.231. The standard InChI is InChI=1S/C17H23N5O3.CH2O2/c1-22(2)15-11-14(20-17(18)21-15)12-3-5-13(6-4-12)16(24)19-7-9-25-10-8-23;2-1-3/h3-6,11,23H,7-10H2,1-2H3,(H,19,24)(H2,18,20,21);1H,(H,2,3). The Bertz CT molecular complexity index is 753. The Balaban J connectivity index is 0.00000122. The molecule has 0 fully saturated rings. The zero-order valence-corrected chi connectivity index (χ0v) is 15.8. The molecule has 0 saturated carbocycles. The van der Waals surface area contributed by atoms with Crippen molar-refractivity contribution in [3.8, 4) is 11.3 Å². The predicted molar refractivity (Wildman–Crippen MR) is 105 cm³/mol. The van der Waals surface area contributed by atoms with E-state index in [1.807, 2.05) is 37.2 Å². The number of anilines is 2. The van der Waals surface area contributed by atoms with Crippen LogP contribution in [0.15, 0.2) is 30.3 Å². The van der Waals surface area contributed by atoms with Gasteiger partial charge >= 0.3 is 0 Å². The van der Waals surface area contributed by atoms with E-state index < -0.39 is 0 Å². The molecule has 0 radical (unpaired) electrons. The number of amides is 1. The van der Waals surface area contributed by atoms with E-state index in [-0.39, 0.29) is 31.5 Å². The van der Waals surface area contributed by atoms with E-state index in [0.29, 0.717) is 30.2 Å². The average Bonchev–Trinajstić information content (AvgIpc) is 2.68. The first-order valence-electron chi connectivity index (χ1n) is 8.40. The van der Waals surface area contributed by atoms with Gasteiger partial charge in [0.05, 0.1) is 25.5 Å². The van der Waals surface area contributed by atoms with E-state index in [1.54, 1.807) is 12.1 Å². The Labute approximate surface area is 163 Å². The topological polar surface area (TPSA) is 151 Å². The molecule has 10 nitrogen and oxygen atoms in total. The number of nitrogens with zero attached hydrogens (tertiary/aromatic N) is 3. The second kappa shape index (κ2) is 12.2. The minimum absolute atomic E-state index is 0.0293. The molecule has 1 aromatic carbocycles. The molecule has 5 N–H and O–H groups in total. The van der Waals surface area contributed by atoms with Gasteiger partial charge in [-0.05, 0) is 12.1 Å². The Morgan fingerprint density at radius 2 is 1.89 bits per heavy atom. The minimum atomic E-state index is -0.250. The Morgan fingerprint density at radius 3 is 2.46 bits per heavy atom. The highest BCUT2D eigenvalue weighted by atomic mass is 16.5. The maximum absolute atomic E-state index is 12.1. The first kappa shape index (κ1) is 22.8. The molecule has 0 aliphatic rings. The number of carboxylic acid groups (broad SMARTS) is 1. The van der Waals surface area contributed by atoms with Gasteiger partial charge in [0.25, 0.3) is 12.4 Å². The lowest BCUT2D eigenvalue weighted by atomic mass is 10.1. The van der Waals surface area contributed by atoms with E-state index in [2.05, 4.69) is 15.3 Å². The van der Waals surface area contributed by atoms with E-state index >= 15 is 0 Å². The van der Waals surface area contributed by atoms with Gasteiger partial charge in [0.2, 0.25) is 5.95 Å². The number of nitrogen functional groups attached to an aromatic ring is 1. The van der Waals surface area contributed by atoms with Crippen molar-refractivity contribution < 1.29 is 24.5 Å². The van der Waals surface area contributed by atoms with Crippen LogP contribution in [0.4, 0.5) is 11.8 Å². The van der Waals surface area contributed by atoms with Crippen molar-refractivity contribution in [1.82, 2.24) is 15.3 Å². The number of hydrogen-bond acceptors (Lipinski definition) is 8. The zero-order chi connectivity index (χ0) is 20.9. The molecular formula is C18H25N5O5. The molecule has 2 aromatic rings. The first-order valence-corrected chi connectivity index (χ1v) is 8.40. The van der Waals surface area contributed by atoms with Crippen LogP contribution in [0, 0.1) is 0 Å².